The second-order valence-electron chi connectivity index (χ2n) is 11.2. The van der Waals surface area contributed by atoms with Gasteiger partial charge in [0.15, 0.2) is 0 Å². The third kappa shape index (κ3) is 3.49. The number of halogens is 3. The Morgan fingerprint density at radius 3 is 2.52 bits per heavy atom. The summed E-state index contributed by atoms with van der Waals surface area (Å²) in [6.45, 7) is 6.63. The van der Waals surface area contributed by atoms with Crippen LogP contribution in [-0.4, -0.2) is 22.7 Å². The molecule has 0 aromatic rings. The van der Waals surface area contributed by atoms with Gasteiger partial charge in [0.25, 0.3) is 0 Å². The molecule has 2 nitrogen and oxygen atoms in total. The van der Waals surface area contributed by atoms with Crippen molar-refractivity contribution in [2.24, 2.45) is 34.5 Å². The highest BCUT2D eigenvalue weighted by molar-refractivity contribution is 5.83. The molecule has 7 atom stereocenters. The molecule has 0 aromatic carbocycles. The molecule has 164 valence electrons. The molecule has 4 aliphatic carbocycles. The van der Waals surface area contributed by atoms with Crippen molar-refractivity contribution in [3.8, 4) is 0 Å². The molecule has 3 saturated carbocycles. The Labute approximate surface area is 172 Å². The van der Waals surface area contributed by atoms with Crippen molar-refractivity contribution in [2.75, 3.05) is 0 Å². The molecule has 0 amide bonds. The van der Waals surface area contributed by atoms with Gasteiger partial charge in [-0.1, -0.05) is 25.5 Å². The van der Waals surface area contributed by atoms with E-state index in [9.17, 15) is 23.1 Å². The highest BCUT2D eigenvalue weighted by Gasteiger charge is 2.59. The summed E-state index contributed by atoms with van der Waals surface area (Å²) in [6, 6.07) is 0. The molecule has 3 fully saturated rings. The Morgan fingerprint density at radius 2 is 1.83 bits per heavy atom. The maximum atomic E-state index is 12.7. The minimum absolute atomic E-state index is 0.0644. The molecule has 5 heteroatoms. The van der Waals surface area contributed by atoms with E-state index in [0.717, 1.165) is 51.4 Å². The van der Waals surface area contributed by atoms with Crippen LogP contribution in [0, 0.1) is 34.5 Å². The standard InChI is InChI=1S/C24H35F3O2/c1-21(29)12-13-23(3)16(14-21)4-7-17-18-8-5-15(6-9-20(28)24(25,26)27)22(18,2)11-10-19(17)23/h4,15,17-19,29H,5-14H2,1-3H3/t15?,17?,18?,19?,21-,22?,23?/m0/s1. The molecular weight excluding hydrogens is 377 g/mol. The number of Topliss-reactive ketones (excluding diaryl/α,β-unsaturated/α-hetero) is 1. The fourth-order valence-electron chi connectivity index (χ4n) is 7.83. The van der Waals surface area contributed by atoms with Crippen molar-refractivity contribution in [1.29, 1.82) is 0 Å². The Kier molecular flexibility index (Phi) is 5.04. The molecule has 0 radical (unpaired) electrons. The van der Waals surface area contributed by atoms with E-state index in [4.69, 9.17) is 0 Å². The first-order valence-corrected chi connectivity index (χ1v) is 11.4. The Hall–Kier alpha value is -0.840. The highest BCUT2D eigenvalue weighted by Crippen LogP contribution is 2.67. The number of carbonyl (C=O) groups is 1. The number of fused-ring (bicyclic) bond motifs is 5. The van der Waals surface area contributed by atoms with Crippen LogP contribution in [0.25, 0.3) is 0 Å². The summed E-state index contributed by atoms with van der Waals surface area (Å²) in [5.74, 6) is 0.417. The Morgan fingerprint density at radius 1 is 1.10 bits per heavy atom. The van der Waals surface area contributed by atoms with E-state index in [1.165, 1.54) is 5.57 Å². The third-order valence-corrected chi connectivity index (χ3v) is 9.61. The SMILES string of the molecule is CC12CC[C@](C)(O)CC1=CCC1C2CCC2(C)C(CCC(=O)C(F)(F)F)CCC12. The normalized spacial score (nSPS) is 47.1. The predicted molar refractivity (Wildman–Crippen MR) is 106 cm³/mol. The number of carbonyl (C=O) groups excluding carboxylic acids is 1. The maximum absolute atomic E-state index is 12.7. The summed E-state index contributed by atoms with van der Waals surface area (Å²) in [4.78, 5) is 11.4. The number of hydrogen-bond donors (Lipinski definition) is 1. The average Bonchev–Trinajstić information content (AvgIpc) is 2.95. The summed E-state index contributed by atoms with van der Waals surface area (Å²) in [7, 11) is 0. The number of aliphatic hydroxyl groups is 1. The largest absolute Gasteiger partial charge is 0.449 e. The van der Waals surface area contributed by atoms with Gasteiger partial charge in [-0.15, -0.1) is 0 Å². The van der Waals surface area contributed by atoms with Gasteiger partial charge in [-0.25, -0.2) is 0 Å². The minimum atomic E-state index is -4.70. The van der Waals surface area contributed by atoms with E-state index >= 15 is 0 Å². The smallest absolute Gasteiger partial charge is 0.390 e. The van der Waals surface area contributed by atoms with Gasteiger partial charge in [-0.2, -0.15) is 13.2 Å². The second-order valence-corrected chi connectivity index (χ2v) is 11.2. The lowest BCUT2D eigenvalue weighted by atomic mass is 9.46. The summed E-state index contributed by atoms with van der Waals surface area (Å²) in [5.41, 5.74) is 1.07. The van der Waals surface area contributed by atoms with Gasteiger partial charge in [-0.3, -0.25) is 4.79 Å². The predicted octanol–water partition coefficient (Wildman–Crippen LogP) is 6.23. The van der Waals surface area contributed by atoms with Gasteiger partial charge in [0.05, 0.1) is 5.60 Å². The molecular formula is C24H35F3O2. The van der Waals surface area contributed by atoms with E-state index in [1.54, 1.807) is 0 Å². The fraction of sp³-hybridized carbons (Fsp3) is 0.875. The average molecular weight is 413 g/mol. The van der Waals surface area contributed by atoms with Crippen LogP contribution in [0.5, 0.6) is 0 Å². The first kappa shape index (κ1) is 21.4. The van der Waals surface area contributed by atoms with Crippen molar-refractivity contribution in [3.05, 3.63) is 11.6 Å². The summed E-state index contributed by atoms with van der Waals surface area (Å²) >= 11 is 0. The second kappa shape index (κ2) is 6.83. The first-order valence-electron chi connectivity index (χ1n) is 11.4. The molecule has 29 heavy (non-hydrogen) atoms. The van der Waals surface area contributed by atoms with Gasteiger partial charge in [0.2, 0.25) is 5.78 Å². The lowest BCUT2D eigenvalue weighted by Gasteiger charge is -2.59. The van der Waals surface area contributed by atoms with Gasteiger partial charge in [0, 0.05) is 6.42 Å². The lowest BCUT2D eigenvalue weighted by Crippen LogP contribution is -2.51. The van der Waals surface area contributed by atoms with Crippen LogP contribution in [0.15, 0.2) is 11.6 Å². The van der Waals surface area contributed by atoms with E-state index < -0.39 is 17.6 Å². The Bertz CT molecular complexity index is 709. The molecule has 0 aromatic heterocycles. The van der Waals surface area contributed by atoms with Gasteiger partial charge in [-0.05, 0) is 99.2 Å². The molecule has 0 aliphatic heterocycles. The minimum Gasteiger partial charge on any atom is -0.390 e. The lowest BCUT2D eigenvalue weighted by molar-refractivity contribution is -0.171. The van der Waals surface area contributed by atoms with Gasteiger partial charge >= 0.3 is 6.18 Å². The topological polar surface area (TPSA) is 37.3 Å². The molecule has 6 unspecified atom stereocenters. The zero-order chi connectivity index (χ0) is 21.2. The number of hydrogen-bond acceptors (Lipinski definition) is 2. The number of rotatable bonds is 3. The molecule has 4 rings (SSSR count). The monoisotopic (exact) mass is 412 g/mol. The quantitative estimate of drug-likeness (QED) is 0.558. The van der Waals surface area contributed by atoms with Crippen LogP contribution in [0.3, 0.4) is 0 Å². The van der Waals surface area contributed by atoms with E-state index in [-0.39, 0.29) is 23.2 Å². The van der Waals surface area contributed by atoms with E-state index in [0.29, 0.717) is 24.2 Å². The van der Waals surface area contributed by atoms with Gasteiger partial charge < -0.3 is 5.11 Å². The third-order valence-electron chi connectivity index (χ3n) is 9.61. The summed E-state index contributed by atoms with van der Waals surface area (Å²) in [6.07, 6.45) is 5.62. The fourth-order valence-corrected chi connectivity index (χ4v) is 7.83. The zero-order valence-electron chi connectivity index (χ0n) is 17.9. The van der Waals surface area contributed by atoms with Crippen LogP contribution in [0.4, 0.5) is 13.2 Å². The van der Waals surface area contributed by atoms with Crippen LogP contribution < -0.4 is 0 Å². The Balaban J connectivity index is 1.51. The molecule has 1 N–H and O–H groups in total. The van der Waals surface area contributed by atoms with E-state index in [1.807, 2.05) is 6.92 Å². The molecule has 0 heterocycles. The number of allylic oxidation sites excluding steroid dienone is 1. The van der Waals surface area contributed by atoms with E-state index in [2.05, 4.69) is 19.9 Å². The summed E-state index contributed by atoms with van der Waals surface area (Å²) in [5, 5.41) is 10.6. The van der Waals surface area contributed by atoms with Crippen LogP contribution in [-0.2, 0) is 4.79 Å². The highest BCUT2D eigenvalue weighted by atomic mass is 19.4. The van der Waals surface area contributed by atoms with Crippen molar-refractivity contribution in [2.45, 2.75) is 96.8 Å². The van der Waals surface area contributed by atoms with Crippen LogP contribution in [0.1, 0.15) is 85.0 Å². The van der Waals surface area contributed by atoms with Crippen LogP contribution >= 0.6 is 0 Å². The van der Waals surface area contributed by atoms with Gasteiger partial charge in [0.1, 0.15) is 0 Å². The zero-order valence-corrected chi connectivity index (χ0v) is 17.9. The molecule has 0 spiro atoms. The summed E-state index contributed by atoms with van der Waals surface area (Å²) < 4.78 is 38.0. The number of alkyl halides is 3. The number of ketones is 1. The molecule has 0 bridgehead atoms. The first-order chi connectivity index (χ1) is 13.4. The van der Waals surface area contributed by atoms with Crippen molar-refractivity contribution in [1.82, 2.24) is 0 Å². The molecule has 0 saturated heterocycles. The molecule has 4 aliphatic rings. The van der Waals surface area contributed by atoms with Crippen LogP contribution in [0.2, 0.25) is 0 Å². The van der Waals surface area contributed by atoms with Crippen molar-refractivity contribution >= 4 is 5.78 Å². The van der Waals surface area contributed by atoms with Crippen molar-refractivity contribution in [3.63, 3.8) is 0 Å². The maximum Gasteiger partial charge on any atom is 0.449 e. The van der Waals surface area contributed by atoms with Crippen molar-refractivity contribution < 1.29 is 23.1 Å².